The molecule has 0 aliphatic carbocycles. The van der Waals surface area contributed by atoms with Crippen LogP contribution in [0.3, 0.4) is 0 Å². The van der Waals surface area contributed by atoms with Gasteiger partial charge in [0.25, 0.3) is 6.43 Å². The van der Waals surface area contributed by atoms with Crippen molar-refractivity contribution in [2.75, 3.05) is 7.11 Å². The van der Waals surface area contributed by atoms with E-state index in [4.69, 9.17) is 0 Å². The Morgan fingerprint density at radius 2 is 2.25 bits per heavy atom. The van der Waals surface area contributed by atoms with E-state index in [2.05, 4.69) is 25.7 Å². The number of esters is 1. The number of pyridine rings is 1. The zero-order chi connectivity index (χ0) is 12.3. The number of rotatable bonds is 3. The maximum absolute atomic E-state index is 12.8. The highest BCUT2D eigenvalue weighted by Gasteiger charge is 2.25. The largest absolute Gasteiger partial charge is 0.465 e. The molecular formula is C10H10BrF2NO2. The zero-order valence-corrected chi connectivity index (χ0v) is 10.3. The van der Waals surface area contributed by atoms with Crippen molar-refractivity contribution < 1.29 is 18.3 Å². The summed E-state index contributed by atoms with van der Waals surface area (Å²) in [7, 11) is 1.16. The predicted octanol–water partition coefficient (Wildman–Crippen LogP) is 3.01. The molecule has 0 spiro atoms. The Labute approximate surface area is 99.9 Å². The topological polar surface area (TPSA) is 39.2 Å². The minimum Gasteiger partial charge on any atom is -0.465 e. The van der Waals surface area contributed by atoms with E-state index in [1.165, 1.54) is 13.1 Å². The van der Waals surface area contributed by atoms with Crippen molar-refractivity contribution in [2.24, 2.45) is 0 Å². The molecule has 0 saturated carbocycles. The molecule has 0 aliphatic heterocycles. The highest BCUT2D eigenvalue weighted by Crippen LogP contribution is 2.29. The van der Waals surface area contributed by atoms with E-state index in [0.717, 1.165) is 7.11 Å². The van der Waals surface area contributed by atoms with E-state index in [1.54, 1.807) is 0 Å². The summed E-state index contributed by atoms with van der Waals surface area (Å²) in [6.45, 7) is 1.44. The van der Waals surface area contributed by atoms with Crippen LogP contribution in [0.1, 0.15) is 33.6 Å². The van der Waals surface area contributed by atoms with Crippen LogP contribution in [0.2, 0.25) is 0 Å². The summed E-state index contributed by atoms with van der Waals surface area (Å²) >= 11 is 3.12. The smallest absolute Gasteiger partial charge is 0.338 e. The number of hydrogen-bond donors (Lipinski definition) is 0. The second kappa shape index (κ2) is 5.34. The van der Waals surface area contributed by atoms with Gasteiger partial charge in [-0.2, -0.15) is 0 Å². The van der Waals surface area contributed by atoms with E-state index < -0.39 is 12.4 Å². The third-order valence-corrected chi connectivity index (χ3v) is 2.75. The summed E-state index contributed by atoms with van der Waals surface area (Å²) in [4.78, 5) is 15.3. The van der Waals surface area contributed by atoms with Crippen molar-refractivity contribution >= 4 is 21.9 Å². The number of carbonyl (C=O) groups is 1. The number of nitrogens with zero attached hydrogens (tertiary/aromatic N) is 1. The van der Waals surface area contributed by atoms with Crippen LogP contribution >= 0.6 is 15.9 Å². The van der Waals surface area contributed by atoms with Gasteiger partial charge in [-0.1, -0.05) is 15.9 Å². The summed E-state index contributed by atoms with van der Waals surface area (Å²) in [5.74, 6) is -0.768. The third-order valence-electron chi connectivity index (χ3n) is 2.15. The van der Waals surface area contributed by atoms with E-state index in [1.807, 2.05) is 0 Å². The number of carbonyl (C=O) groups excluding carboxylic acids is 1. The number of methoxy groups -OCH3 is 1. The van der Waals surface area contributed by atoms with Gasteiger partial charge in [-0.05, 0) is 12.5 Å². The van der Waals surface area contributed by atoms with Crippen LogP contribution in [0.4, 0.5) is 8.78 Å². The minimum absolute atomic E-state index is 0.0955. The molecule has 3 nitrogen and oxygen atoms in total. The molecule has 0 fully saturated rings. The first kappa shape index (κ1) is 13.0. The molecule has 0 aromatic carbocycles. The van der Waals surface area contributed by atoms with Gasteiger partial charge in [0.15, 0.2) is 0 Å². The lowest BCUT2D eigenvalue weighted by molar-refractivity contribution is 0.0587. The second-order valence-corrected chi connectivity index (χ2v) is 3.64. The predicted molar refractivity (Wildman–Crippen MR) is 57.9 cm³/mol. The molecule has 0 bridgehead atoms. The highest BCUT2D eigenvalue weighted by molar-refractivity contribution is 9.08. The Bertz CT molecular complexity index is 410. The molecule has 16 heavy (non-hydrogen) atoms. The lowest BCUT2D eigenvalue weighted by atomic mass is 10.0. The summed E-state index contributed by atoms with van der Waals surface area (Å²) < 4.78 is 30.2. The molecule has 1 heterocycles. The average Bonchev–Trinajstić information content (AvgIpc) is 2.27. The maximum Gasteiger partial charge on any atom is 0.338 e. The van der Waals surface area contributed by atoms with Crippen molar-refractivity contribution in [3.8, 4) is 0 Å². The van der Waals surface area contributed by atoms with Crippen molar-refractivity contribution in [1.29, 1.82) is 0 Å². The highest BCUT2D eigenvalue weighted by atomic mass is 79.9. The van der Waals surface area contributed by atoms with Crippen LogP contribution in [0.15, 0.2) is 6.20 Å². The van der Waals surface area contributed by atoms with Gasteiger partial charge in [0.2, 0.25) is 0 Å². The minimum atomic E-state index is -2.75. The van der Waals surface area contributed by atoms with Crippen LogP contribution in [0, 0.1) is 6.92 Å². The van der Waals surface area contributed by atoms with Gasteiger partial charge in [0, 0.05) is 17.2 Å². The number of halogens is 3. The Hall–Kier alpha value is -1.04. The van der Waals surface area contributed by atoms with E-state index in [9.17, 15) is 13.6 Å². The third kappa shape index (κ3) is 2.37. The first-order chi connectivity index (χ1) is 7.52. The normalized spacial score (nSPS) is 10.6. The number of hydrogen-bond acceptors (Lipinski definition) is 3. The summed E-state index contributed by atoms with van der Waals surface area (Å²) in [6.07, 6.45) is -1.36. The molecule has 0 radical (unpaired) electrons. The number of aryl methyl sites for hydroxylation is 1. The van der Waals surface area contributed by atoms with Crippen molar-refractivity contribution in [3.05, 3.63) is 28.6 Å². The van der Waals surface area contributed by atoms with Crippen LogP contribution in [-0.2, 0) is 10.1 Å². The van der Waals surface area contributed by atoms with Gasteiger partial charge >= 0.3 is 5.97 Å². The molecule has 0 atom stereocenters. The second-order valence-electron chi connectivity index (χ2n) is 3.08. The first-order valence-corrected chi connectivity index (χ1v) is 5.55. The number of alkyl halides is 3. The number of aromatic nitrogens is 1. The first-order valence-electron chi connectivity index (χ1n) is 4.43. The van der Waals surface area contributed by atoms with Crippen molar-refractivity contribution in [1.82, 2.24) is 4.98 Å². The van der Waals surface area contributed by atoms with Crippen LogP contribution in [0.5, 0.6) is 0 Å². The van der Waals surface area contributed by atoms with Crippen LogP contribution in [-0.4, -0.2) is 18.1 Å². The molecule has 1 rings (SSSR count). The lowest BCUT2D eigenvalue weighted by Gasteiger charge is -2.12. The molecule has 1 aromatic heterocycles. The lowest BCUT2D eigenvalue weighted by Crippen LogP contribution is -2.12. The van der Waals surface area contributed by atoms with E-state index >= 15 is 0 Å². The average molecular weight is 294 g/mol. The molecule has 1 aromatic rings. The molecule has 0 N–H and O–H groups in total. The van der Waals surface area contributed by atoms with Gasteiger partial charge in [-0.25, -0.2) is 13.6 Å². The molecule has 0 saturated heterocycles. The SMILES string of the molecule is COC(=O)c1c(CBr)cnc(C)c1C(F)F. The maximum atomic E-state index is 12.8. The fraction of sp³-hybridized carbons (Fsp3) is 0.400. The molecular weight excluding hydrogens is 284 g/mol. The Morgan fingerprint density at radius 3 is 2.69 bits per heavy atom. The molecule has 88 valence electrons. The molecule has 6 heteroatoms. The Balaban J connectivity index is 3.48. The zero-order valence-electron chi connectivity index (χ0n) is 8.76. The van der Waals surface area contributed by atoms with Gasteiger partial charge in [-0.15, -0.1) is 0 Å². The Morgan fingerprint density at radius 1 is 1.62 bits per heavy atom. The fourth-order valence-corrected chi connectivity index (χ4v) is 1.80. The summed E-state index contributed by atoms with van der Waals surface area (Å²) in [5, 5.41) is 0.268. The van der Waals surface area contributed by atoms with Gasteiger partial charge < -0.3 is 4.74 Å². The van der Waals surface area contributed by atoms with Crippen molar-refractivity contribution in [2.45, 2.75) is 18.7 Å². The van der Waals surface area contributed by atoms with Crippen LogP contribution < -0.4 is 0 Å². The molecule has 0 aliphatic rings. The summed E-state index contributed by atoms with van der Waals surface area (Å²) in [6, 6.07) is 0. The van der Waals surface area contributed by atoms with E-state index in [0.29, 0.717) is 5.56 Å². The van der Waals surface area contributed by atoms with Gasteiger partial charge in [0.05, 0.1) is 18.2 Å². The van der Waals surface area contributed by atoms with Gasteiger partial charge in [0.1, 0.15) is 0 Å². The quantitative estimate of drug-likeness (QED) is 0.635. The van der Waals surface area contributed by atoms with E-state index in [-0.39, 0.29) is 22.2 Å². The fourth-order valence-electron chi connectivity index (χ4n) is 1.37. The van der Waals surface area contributed by atoms with Crippen LogP contribution in [0.25, 0.3) is 0 Å². The Kier molecular flexibility index (Phi) is 4.35. The van der Waals surface area contributed by atoms with Crippen molar-refractivity contribution in [3.63, 3.8) is 0 Å². The monoisotopic (exact) mass is 293 g/mol. The molecule has 0 unspecified atom stereocenters. The number of ether oxygens (including phenoxy) is 1. The summed E-state index contributed by atoms with van der Waals surface area (Å²) in [5.41, 5.74) is 0.0820. The molecule has 0 amide bonds. The standard InChI is InChI=1S/C10H10BrF2NO2/c1-5-7(9(12)13)8(10(15)16-2)6(3-11)4-14-5/h4,9H,3H2,1-2H3. The van der Waals surface area contributed by atoms with Gasteiger partial charge in [-0.3, -0.25) is 4.98 Å².